The lowest BCUT2D eigenvalue weighted by molar-refractivity contribution is -0.256. The summed E-state index contributed by atoms with van der Waals surface area (Å²) in [6.07, 6.45) is 0.590. The second-order valence-corrected chi connectivity index (χ2v) is 14.7. The number of hydrogen-bond acceptors (Lipinski definition) is 7. The molecule has 3 saturated carbocycles. The zero-order chi connectivity index (χ0) is 32.9. The Morgan fingerprint density at radius 3 is 2.48 bits per heavy atom. The van der Waals surface area contributed by atoms with Crippen LogP contribution in [0.1, 0.15) is 45.6 Å². The van der Waals surface area contributed by atoms with Gasteiger partial charge in [-0.05, 0) is 91.3 Å². The number of ether oxygens (including phenoxy) is 1. The summed E-state index contributed by atoms with van der Waals surface area (Å²) in [5, 5.41) is 24.3. The van der Waals surface area contributed by atoms with E-state index in [9.17, 15) is 19.8 Å². The molecule has 0 amide bonds. The number of Topliss-reactive ketones (excluding diaryl/α,β-unsaturated/α-hetero) is 1. The number of alkyl halides is 2. The maximum Gasteiger partial charge on any atom is 0.193 e. The van der Waals surface area contributed by atoms with Crippen LogP contribution in [0.4, 0.5) is 14.5 Å². The molecule has 1 heterocycles. The minimum absolute atomic E-state index is 0.0498. The number of ketones is 2. The van der Waals surface area contributed by atoms with Crippen molar-refractivity contribution in [1.29, 1.82) is 0 Å². The van der Waals surface area contributed by atoms with Crippen molar-refractivity contribution >= 4 is 28.9 Å². The number of aliphatic hydroxyl groups is 2. The van der Waals surface area contributed by atoms with E-state index in [1.54, 1.807) is 36.3 Å². The molecular formula is C36H38ClF2NO6. The zero-order valence-corrected chi connectivity index (χ0v) is 26.8. The molecule has 0 aromatic heterocycles. The van der Waals surface area contributed by atoms with Crippen LogP contribution in [0, 0.1) is 28.1 Å². The maximum atomic E-state index is 17.8. The van der Waals surface area contributed by atoms with Gasteiger partial charge in [0.25, 0.3) is 0 Å². The molecular weight excluding hydrogens is 616 g/mol. The van der Waals surface area contributed by atoms with Crippen molar-refractivity contribution in [1.82, 2.24) is 0 Å². The summed E-state index contributed by atoms with van der Waals surface area (Å²) >= 11 is 5.95. The molecule has 7 rings (SSSR count). The van der Waals surface area contributed by atoms with Gasteiger partial charge >= 0.3 is 0 Å². The second kappa shape index (κ2) is 10.4. The average Bonchev–Trinajstić information content (AvgIpc) is 3.50. The number of aliphatic hydroxyl groups excluding tert-OH is 2. The normalized spacial score (nSPS) is 40.9. The van der Waals surface area contributed by atoms with Crippen molar-refractivity contribution in [3.8, 4) is 5.75 Å². The molecule has 4 fully saturated rings. The van der Waals surface area contributed by atoms with Gasteiger partial charge in [-0.2, -0.15) is 0 Å². The Balaban J connectivity index is 1.20. The molecule has 2 aromatic carbocycles. The van der Waals surface area contributed by atoms with Crippen molar-refractivity contribution in [2.45, 2.75) is 70.2 Å². The molecule has 2 N–H and O–H groups in total. The quantitative estimate of drug-likeness (QED) is 0.401. The second-order valence-electron chi connectivity index (χ2n) is 14.3. The number of carbonyl (C=O) groups is 2. The number of rotatable bonds is 6. The molecule has 0 unspecified atom stereocenters. The van der Waals surface area contributed by atoms with E-state index in [1.165, 1.54) is 18.2 Å². The van der Waals surface area contributed by atoms with Crippen LogP contribution >= 0.6 is 11.6 Å². The summed E-state index contributed by atoms with van der Waals surface area (Å²) in [6.45, 7) is 5.09. The van der Waals surface area contributed by atoms with Crippen molar-refractivity contribution in [3.05, 3.63) is 82.9 Å². The fourth-order valence-corrected chi connectivity index (χ4v) is 10.1. The summed E-state index contributed by atoms with van der Waals surface area (Å²) in [6, 6.07) is 14.6. The average molecular weight is 654 g/mol. The summed E-state index contributed by atoms with van der Waals surface area (Å²) < 4.78 is 39.7. The maximum absolute atomic E-state index is 17.8. The topological polar surface area (TPSA) is 96.3 Å². The Morgan fingerprint density at radius 2 is 1.80 bits per heavy atom. The number of carbonyl (C=O) groups excluding carboxylic acids is 2. The largest absolute Gasteiger partial charge is 0.489 e. The predicted molar refractivity (Wildman–Crippen MR) is 168 cm³/mol. The summed E-state index contributed by atoms with van der Waals surface area (Å²) in [5.74, 6) is -1.72. The smallest absolute Gasteiger partial charge is 0.193 e. The van der Waals surface area contributed by atoms with Gasteiger partial charge in [-0.1, -0.05) is 43.7 Å². The minimum Gasteiger partial charge on any atom is -0.489 e. The predicted octanol–water partition coefficient (Wildman–Crippen LogP) is 5.91. The Labute approximate surface area is 271 Å². The van der Waals surface area contributed by atoms with Gasteiger partial charge in [0.05, 0.1) is 18.3 Å². The van der Waals surface area contributed by atoms with E-state index in [0.29, 0.717) is 29.5 Å². The van der Waals surface area contributed by atoms with Crippen LogP contribution in [0.2, 0.25) is 5.02 Å². The third-order valence-corrected chi connectivity index (χ3v) is 12.6. The number of nitrogens with zero attached hydrogens (tertiary/aromatic N) is 1. The molecule has 1 saturated heterocycles. The van der Waals surface area contributed by atoms with Crippen LogP contribution in [-0.2, 0) is 21.0 Å². The molecule has 10 heteroatoms. The van der Waals surface area contributed by atoms with Gasteiger partial charge in [0, 0.05) is 27.7 Å². The number of anilines is 1. The van der Waals surface area contributed by atoms with Crippen LogP contribution in [0.5, 0.6) is 5.75 Å². The fourth-order valence-electron chi connectivity index (χ4n) is 9.93. The Bertz CT molecular complexity index is 1650. The molecule has 5 aliphatic rings. The van der Waals surface area contributed by atoms with E-state index in [4.69, 9.17) is 21.2 Å². The lowest BCUT2D eigenvalue weighted by Gasteiger charge is -2.67. The lowest BCUT2D eigenvalue weighted by Crippen LogP contribution is -2.73. The molecule has 4 aliphatic carbocycles. The Morgan fingerprint density at radius 1 is 1.11 bits per heavy atom. The first-order chi connectivity index (χ1) is 21.7. The Kier molecular flexibility index (Phi) is 7.15. The number of hydroxylamine groups is 1. The zero-order valence-electron chi connectivity index (χ0n) is 26.0. The molecule has 1 aliphatic heterocycles. The highest BCUT2D eigenvalue weighted by atomic mass is 35.5. The number of hydrogen-bond donors (Lipinski definition) is 2. The summed E-state index contributed by atoms with van der Waals surface area (Å²) in [5.41, 5.74) is -5.89. The SMILES string of the molecule is C[C@]12C[C@H](O)[C@@]3(F)[C@@H](C[C@H](F)C4=CC(=O)C=C[C@@]43C)[C@]1(C)C[C@H]1CN(c3ccc(COc4ccc(Cl)cc4)cc3)O[C@]12C(=O)CO. The highest BCUT2D eigenvalue weighted by Crippen LogP contribution is 2.77. The van der Waals surface area contributed by atoms with Crippen LogP contribution in [0.3, 0.4) is 0 Å². The molecule has 0 bridgehead atoms. The van der Waals surface area contributed by atoms with E-state index in [0.717, 1.165) is 5.56 Å². The lowest BCUT2D eigenvalue weighted by atomic mass is 9.39. The molecule has 2 aromatic rings. The van der Waals surface area contributed by atoms with Crippen LogP contribution in [0.25, 0.3) is 0 Å². The highest BCUT2D eigenvalue weighted by Gasteiger charge is 2.83. The van der Waals surface area contributed by atoms with Crippen LogP contribution in [-0.4, -0.2) is 58.5 Å². The van der Waals surface area contributed by atoms with Gasteiger partial charge in [0.15, 0.2) is 22.8 Å². The summed E-state index contributed by atoms with van der Waals surface area (Å²) in [7, 11) is 0. The molecule has 46 heavy (non-hydrogen) atoms. The van der Waals surface area contributed by atoms with Crippen LogP contribution < -0.4 is 9.80 Å². The number of benzene rings is 2. The van der Waals surface area contributed by atoms with Gasteiger partial charge in [-0.15, -0.1) is 0 Å². The minimum atomic E-state index is -2.29. The molecule has 7 nitrogen and oxygen atoms in total. The molecule has 9 atom stereocenters. The Hall–Kier alpha value is -3.11. The number of halogens is 3. The van der Waals surface area contributed by atoms with Crippen molar-refractivity contribution in [2.75, 3.05) is 18.2 Å². The molecule has 0 radical (unpaired) electrons. The first-order valence-electron chi connectivity index (χ1n) is 15.8. The highest BCUT2D eigenvalue weighted by molar-refractivity contribution is 6.30. The van der Waals surface area contributed by atoms with E-state index in [1.807, 2.05) is 38.1 Å². The van der Waals surface area contributed by atoms with Gasteiger partial charge < -0.3 is 14.9 Å². The first-order valence-corrected chi connectivity index (χ1v) is 16.2. The van der Waals surface area contributed by atoms with Crippen LogP contribution in [0.15, 0.2) is 72.3 Å². The van der Waals surface area contributed by atoms with E-state index >= 15 is 8.78 Å². The van der Waals surface area contributed by atoms with E-state index < -0.39 is 69.8 Å². The number of fused-ring (bicyclic) bond motifs is 7. The third kappa shape index (κ3) is 3.98. The van der Waals surface area contributed by atoms with Crippen molar-refractivity contribution in [2.24, 2.45) is 28.1 Å². The van der Waals surface area contributed by atoms with Crippen molar-refractivity contribution in [3.63, 3.8) is 0 Å². The van der Waals surface area contributed by atoms with Crippen molar-refractivity contribution < 1.29 is 38.2 Å². The first kappa shape index (κ1) is 31.5. The fraction of sp³-hybridized carbons (Fsp3) is 0.500. The third-order valence-electron chi connectivity index (χ3n) is 12.4. The number of allylic oxidation sites excluding steroid dienone is 4. The standard InChI is InChI=1S/C36H38ClF2NO6/c1-32-13-12-25(42)14-27(32)28(38)15-29-33(2)16-22-18-40(24-8-4-21(5-9-24)20-45-26-10-6-23(37)7-11-26)46-36(22,31(44)19-41)34(33,3)17-30(43)35(29,32)39/h4-14,22,28-30,41,43H,15-20H2,1-3H3/t22-,28-,29-,30-,32-,33-,34-,35-,36-/m0/s1. The molecule has 0 spiro atoms. The van der Waals surface area contributed by atoms with Gasteiger partial charge in [0.1, 0.15) is 25.1 Å². The van der Waals surface area contributed by atoms with Gasteiger partial charge in [-0.3, -0.25) is 19.5 Å². The van der Waals surface area contributed by atoms with Gasteiger partial charge in [-0.25, -0.2) is 8.78 Å². The summed E-state index contributed by atoms with van der Waals surface area (Å²) in [4.78, 5) is 32.7. The molecule has 244 valence electrons. The monoisotopic (exact) mass is 653 g/mol. The van der Waals surface area contributed by atoms with E-state index in [2.05, 4.69) is 0 Å². The van der Waals surface area contributed by atoms with E-state index in [-0.39, 0.29) is 25.0 Å². The van der Waals surface area contributed by atoms with Gasteiger partial charge in [0.2, 0.25) is 0 Å².